The molecular weight excluding hydrogens is 422 g/mol. The SMILES string of the molecule is Cc1ccc(-n2c(C)cc(C(=O)COC(=O)/C=C/c3cn(C)c(=O)n(C)c3=O)c2C)cc1C. The molecule has 3 aromatic rings. The van der Waals surface area contributed by atoms with E-state index in [2.05, 4.69) is 6.07 Å². The van der Waals surface area contributed by atoms with Gasteiger partial charge in [0.1, 0.15) is 0 Å². The highest BCUT2D eigenvalue weighted by Crippen LogP contribution is 2.23. The van der Waals surface area contributed by atoms with Crippen LogP contribution in [-0.2, 0) is 23.6 Å². The standard InChI is InChI=1S/C25H27N3O5/c1-15-7-9-20(11-16(15)2)28-17(3)12-21(18(28)4)22(29)14-33-23(30)10-8-19-13-26(5)25(32)27(6)24(19)31/h7-13H,14H2,1-6H3/b10-8+. The van der Waals surface area contributed by atoms with Crippen molar-refractivity contribution in [2.24, 2.45) is 14.1 Å². The van der Waals surface area contributed by atoms with Crippen LogP contribution in [0.2, 0.25) is 0 Å². The smallest absolute Gasteiger partial charge is 0.331 e. The van der Waals surface area contributed by atoms with Crippen LogP contribution in [0.3, 0.4) is 0 Å². The summed E-state index contributed by atoms with van der Waals surface area (Å²) in [7, 11) is 2.86. The Kier molecular flexibility index (Phi) is 6.67. The van der Waals surface area contributed by atoms with Crippen molar-refractivity contribution in [1.82, 2.24) is 13.7 Å². The molecule has 0 spiro atoms. The van der Waals surface area contributed by atoms with Crippen molar-refractivity contribution >= 4 is 17.8 Å². The van der Waals surface area contributed by atoms with Gasteiger partial charge in [0.15, 0.2) is 6.61 Å². The second-order valence-corrected chi connectivity index (χ2v) is 8.10. The summed E-state index contributed by atoms with van der Waals surface area (Å²) >= 11 is 0. The first-order chi connectivity index (χ1) is 15.5. The van der Waals surface area contributed by atoms with Crippen LogP contribution in [0.5, 0.6) is 0 Å². The minimum absolute atomic E-state index is 0.153. The summed E-state index contributed by atoms with van der Waals surface area (Å²) in [5.74, 6) is -1.08. The molecular formula is C25H27N3O5. The second kappa shape index (κ2) is 9.28. The number of carbonyl (C=O) groups excluding carboxylic acids is 2. The Hall–Kier alpha value is -3.94. The highest BCUT2D eigenvalue weighted by molar-refractivity contribution is 6.00. The predicted octanol–water partition coefficient (Wildman–Crippen LogP) is 2.55. The van der Waals surface area contributed by atoms with Gasteiger partial charge in [-0.25, -0.2) is 9.59 Å². The third-order valence-electron chi connectivity index (χ3n) is 5.70. The van der Waals surface area contributed by atoms with E-state index in [-0.39, 0.29) is 11.3 Å². The Labute approximate surface area is 191 Å². The van der Waals surface area contributed by atoms with Gasteiger partial charge in [-0.1, -0.05) is 6.07 Å². The van der Waals surface area contributed by atoms with Gasteiger partial charge in [0.05, 0.1) is 5.56 Å². The summed E-state index contributed by atoms with van der Waals surface area (Å²) in [4.78, 5) is 48.7. The van der Waals surface area contributed by atoms with Crippen molar-refractivity contribution in [3.05, 3.63) is 91.0 Å². The number of nitrogens with zero attached hydrogens (tertiary/aromatic N) is 3. The number of carbonyl (C=O) groups is 2. The minimum Gasteiger partial charge on any atom is -0.454 e. The van der Waals surface area contributed by atoms with E-state index in [4.69, 9.17) is 4.74 Å². The van der Waals surface area contributed by atoms with Crippen LogP contribution in [0.25, 0.3) is 11.8 Å². The number of rotatable bonds is 6. The predicted molar refractivity (Wildman–Crippen MR) is 126 cm³/mol. The van der Waals surface area contributed by atoms with Crippen molar-refractivity contribution in [3.63, 3.8) is 0 Å². The van der Waals surface area contributed by atoms with Gasteiger partial charge >= 0.3 is 11.7 Å². The molecule has 0 fully saturated rings. The van der Waals surface area contributed by atoms with Crippen molar-refractivity contribution < 1.29 is 14.3 Å². The number of Topliss-reactive ketones (excluding diaryl/α,β-unsaturated/α-hetero) is 1. The van der Waals surface area contributed by atoms with Crippen LogP contribution in [0.1, 0.15) is 38.4 Å². The van der Waals surface area contributed by atoms with Gasteiger partial charge in [0.2, 0.25) is 5.78 Å². The summed E-state index contributed by atoms with van der Waals surface area (Å²) in [5.41, 5.74) is 4.60. The first kappa shape index (κ1) is 23.7. The maximum Gasteiger partial charge on any atom is 0.331 e. The molecule has 2 heterocycles. The molecule has 8 nitrogen and oxygen atoms in total. The third-order valence-corrected chi connectivity index (χ3v) is 5.70. The zero-order valence-corrected chi connectivity index (χ0v) is 19.6. The van der Waals surface area contributed by atoms with Gasteiger partial charge in [-0.15, -0.1) is 0 Å². The molecule has 0 unspecified atom stereocenters. The Bertz CT molecular complexity index is 1400. The van der Waals surface area contributed by atoms with Crippen LogP contribution in [0, 0.1) is 27.7 Å². The molecule has 33 heavy (non-hydrogen) atoms. The number of aromatic nitrogens is 3. The van der Waals surface area contributed by atoms with E-state index in [0.29, 0.717) is 5.56 Å². The number of hydrogen-bond donors (Lipinski definition) is 0. The topological polar surface area (TPSA) is 92.3 Å². The van der Waals surface area contributed by atoms with Gasteiger partial charge in [0.25, 0.3) is 5.56 Å². The van der Waals surface area contributed by atoms with Crippen molar-refractivity contribution in [2.75, 3.05) is 6.61 Å². The Morgan fingerprint density at radius 3 is 2.36 bits per heavy atom. The first-order valence-electron chi connectivity index (χ1n) is 10.4. The molecule has 3 rings (SSSR count). The number of aryl methyl sites for hydroxylation is 4. The van der Waals surface area contributed by atoms with E-state index in [1.165, 1.54) is 36.5 Å². The van der Waals surface area contributed by atoms with Crippen LogP contribution in [0.4, 0.5) is 0 Å². The monoisotopic (exact) mass is 449 g/mol. The quantitative estimate of drug-likeness (QED) is 0.328. The summed E-state index contributed by atoms with van der Waals surface area (Å²) < 4.78 is 9.27. The largest absolute Gasteiger partial charge is 0.454 e. The van der Waals surface area contributed by atoms with Gasteiger partial charge in [0, 0.05) is 49.0 Å². The highest BCUT2D eigenvalue weighted by Gasteiger charge is 2.18. The van der Waals surface area contributed by atoms with E-state index < -0.39 is 23.8 Å². The highest BCUT2D eigenvalue weighted by atomic mass is 16.5. The molecule has 0 saturated heterocycles. The Balaban J connectivity index is 1.73. The average Bonchev–Trinajstić information content (AvgIpc) is 3.08. The van der Waals surface area contributed by atoms with E-state index in [0.717, 1.165) is 33.3 Å². The molecule has 0 aliphatic rings. The molecule has 2 aromatic heterocycles. The molecule has 0 radical (unpaired) electrons. The number of benzene rings is 1. The number of ether oxygens (including phenoxy) is 1. The van der Waals surface area contributed by atoms with Crippen LogP contribution in [-0.4, -0.2) is 32.1 Å². The zero-order valence-electron chi connectivity index (χ0n) is 19.6. The fourth-order valence-corrected chi connectivity index (χ4v) is 3.68. The Morgan fingerprint density at radius 1 is 1.00 bits per heavy atom. The minimum atomic E-state index is -0.762. The molecule has 8 heteroatoms. The van der Waals surface area contributed by atoms with E-state index in [1.54, 1.807) is 6.07 Å². The summed E-state index contributed by atoms with van der Waals surface area (Å²) in [5, 5.41) is 0. The fourth-order valence-electron chi connectivity index (χ4n) is 3.68. The summed E-state index contributed by atoms with van der Waals surface area (Å²) in [6.45, 7) is 7.43. The van der Waals surface area contributed by atoms with Gasteiger partial charge in [-0.3, -0.25) is 14.2 Å². The van der Waals surface area contributed by atoms with E-state index in [1.807, 2.05) is 44.4 Å². The molecule has 0 aliphatic heterocycles. The lowest BCUT2D eigenvalue weighted by Crippen LogP contribution is -2.37. The maximum absolute atomic E-state index is 12.7. The van der Waals surface area contributed by atoms with E-state index in [9.17, 15) is 19.2 Å². The van der Waals surface area contributed by atoms with Crippen molar-refractivity contribution in [1.29, 1.82) is 0 Å². The second-order valence-electron chi connectivity index (χ2n) is 8.10. The van der Waals surface area contributed by atoms with E-state index >= 15 is 0 Å². The Morgan fingerprint density at radius 2 is 1.70 bits per heavy atom. The normalized spacial score (nSPS) is 11.2. The number of hydrogen-bond acceptors (Lipinski definition) is 5. The van der Waals surface area contributed by atoms with Crippen molar-refractivity contribution in [3.8, 4) is 5.69 Å². The van der Waals surface area contributed by atoms with Crippen LogP contribution in [0.15, 0.2) is 46.1 Å². The molecule has 0 bridgehead atoms. The van der Waals surface area contributed by atoms with Gasteiger partial charge in [-0.2, -0.15) is 0 Å². The first-order valence-corrected chi connectivity index (χ1v) is 10.4. The molecule has 0 amide bonds. The molecule has 0 atom stereocenters. The lowest BCUT2D eigenvalue weighted by molar-refractivity contribution is -0.136. The maximum atomic E-state index is 12.7. The van der Waals surface area contributed by atoms with Crippen LogP contribution < -0.4 is 11.2 Å². The lowest BCUT2D eigenvalue weighted by Gasteiger charge is -2.12. The summed E-state index contributed by atoms with van der Waals surface area (Å²) in [6, 6.07) is 7.89. The molecule has 1 aromatic carbocycles. The molecule has 0 aliphatic carbocycles. The average molecular weight is 450 g/mol. The number of ketones is 1. The summed E-state index contributed by atoms with van der Waals surface area (Å²) in [6.07, 6.45) is 3.66. The zero-order chi connectivity index (χ0) is 24.4. The fraction of sp³-hybridized carbons (Fsp3) is 0.280. The molecule has 0 N–H and O–H groups in total. The molecule has 172 valence electrons. The van der Waals surface area contributed by atoms with Crippen LogP contribution >= 0.6 is 0 Å². The number of esters is 1. The van der Waals surface area contributed by atoms with Gasteiger partial charge < -0.3 is 13.9 Å². The third kappa shape index (κ3) is 4.79. The lowest BCUT2D eigenvalue weighted by atomic mass is 10.1. The van der Waals surface area contributed by atoms with Crippen molar-refractivity contribution in [2.45, 2.75) is 27.7 Å². The molecule has 0 saturated carbocycles. The van der Waals surface area contributed by atoms with Gasteiger partial charge in [-0.05, 0) is 63.1 Å².